The van der Waals surface area contributed by atoms with Crippen LogP contribution in [0.5, 0.6) is 5.75 Å². The fourth-order valence-corrected chi connectivity index (χ4v) is 3.02. The van der Waals surface area contributed by atoms with Gasteiger partial charge >= 0.3 is 0 Å². The van der Waals surface area contributed by atoms with Crippen molar-refractivity contribution in [3.63, 3.8) is 0 Å². The molecule has 2 heterocycles. The van der Waals surface area contributed by atoms with Crippen molar-refractivity contribution in [2.45, 2.75) is 31.3 Å². The summed E-state index contributed by atoms with van der Waals surface area (Å²) in [6.07, 6.45) is -0.711. The number of nitrogens with zero attached hydrogens (tertiary/aromatic N) is 1. The number of rotatable bonds is 7. The monoisotopic (exact) mass is 362 g/mol. The SMILES string of the molecule is [2H]C1(Cc2ccc(OCCc3ccc(C([2H])([2H])C([2H])([2H])[2H])cn3)cc2)SC(=O)NC1=O. The Kier molecular flexibility index (Phi) is 3.69. The molecule has 2 aromatic rings. The van der Waals surface area contributed by atoms with Crippen molar-refractivity contribution in [2.24, 2.45) is 0 Å². The normalized spacial score (nSPS) is 24.3. The van der Waals surface area contributed by atoms with Crippen molar-refractivity contribution in [3.05, 3.63) is 59.4 Å². The van der Waals surface area contributed by atoms with Crippen molar-refractivity contribution in [1.82, 2.24) is 10.3 Å². The van der Waals surface area contributed by atoms with Crippen LogP contribution in [-0.4, -0.2) is 28.0 Å². The highest BCUT2D eigenvalue weighted by Gasteiger charge is 2.31. The van der Waals surface area contributed by atoms with E-state index in [1.807, 2.05) is 0 Å². The Morgan fingerprint density at radius 1 is 1.28 bits per heavy atom. The second-order valence-corrected chi connectivity index (χ2v) is 6.42. The summed E-state index contributed by atoms with van der Waals surface area (Å²) in [6, 6.07) is 9.87. The highest BCUT2D eigenvalue weighted by Crippen LogP contribution is 2.23. The van der Waals surface area contributed by atoms with E-state index >= 15 is 0 Å². The molecule has 1 unspecified atom stereocenters. The van der Waals surface area contributed by atoms with Crippen molar-refractivity contribution in [2.75, 3.05) is 6.61 Å². The van der Waals surface area contributed by atoms with Crippen LogP contribution in [0.1, 0.15) is 31.9 Å². The molecular formula is C19H20N2O3S. The molecule has 1 fully saturated rings. The Balaban J connectivity index is 1.52. The van der Waals surface area contributed by atoms with Crippen molar-refractivity contribution < 1.29 is 22.6 Å². The second kappa shape index (κ2) is 8.16. The van der Waals surface area contributed by atoms with Crippen LogP contribution < -0.4 is 10.1 Å². The highest BCUT2D eigenvalue weighted by atomic mass is 32.2. The zero-order valence-electron chi connectivity index (χ0n) is 19.2. The number of carbonyl (C=O) groups excluding carboxylic acids is 2. The topological polar surface area (TPSA) is 68.3 Å². The first kappa shape index (κ1) is 11.3. The maximum atomic E-state index is 11.8. The number of nitrogens with one attached hydrogen (secondary N) is 1. The summed E-state index contributed by atoms with van der Waals surface area (Å²) in [7, 11) is 0. The summed E-state index contributed by atoms with van der Waals surface area (Å²) in [5, 5.41) is 0.0393. The van der Waals surface area contributed by atoms with Crippen LogP contribution >= 0.6 is 11.8 Å². The van der Waals surface area contributed by atoms with E-state index in [4.69, 9.17) is 13.0 Å². The van der Waals surface area contributed by atoms with E-state index in [2.05, 4.69) is 10.3 Å². The van der Waals surface area contributed by atoms with E-state index in [1.54, 1.807) is 30.3 Å². The van der Waals surface area contributed by atoms with Crippen molar-refractivity contribution in [1.29, 1.82) is 0 Å². The molecule has 1 aliphatic heterocycles. The maximum absolute atomic E-state index is 11.8. The van der Waals surface area contributed by atoms with E-state index in [9.17, 15) is 9.59 Å². The molecule has 0 bridgehead atoms. The molecule has 1 aromatic heterocycles. The third-order valence-electron chi connectivity index (χ3n) is 3.57. The maximum Gasteiger partial charge on any atom is 0.286 e. The molecule has 2 amide bonds. The predicted molar refractivity (Wildman–Crippen MR) is 97.9 cm³/mol. The Morgan fingerprint density at radius 2 is 2.08 bits per heavy atom. The van der Waals surface area contributed by atoms with E-state index in [0.29, 0.717) is 36.2 Å². The molecule has 1 N–H and O–H groups in total. The fourth-order valence-electron chi connectivity index (χ4n) is 2.27. The Morgan fingerprint density at radius 3 is 2.72 bits per heavy atom. The Hall–Kier alpha value is -2.34. The number of hydrogen-bond donors (Lipinski definition) is 1. The molecule has 1 atom stereocenters. The van der Waals surface area contributed by atoms with Crippen LogP contribution in [0.15, 0.2) is 42.6 Å². The molecule has 0 radical (unpaired) electrons. The second-order valence-electron chi connectivity index (χ2n) is 5.35. The number of thioether (sulfide) groups is 1. The molecule has 1 saturated heterocycles. The zero-order valence-corrected chi connectivity index (χ0v) is 14.1. The third kappa shape index (κ3) is 4.82. The lowest BCUT2D eigenvalue weighted by Crippen LogP contribution is -2.25. The quantitative estimate of drug-likeness (QED) is 0.819. The first-order chi connectivity index (χ1) is 14.4. The lowest BCUT2D eigenvalue weighted by molar-refractivity contribution is -0.118. The Labute approximate surface area is 159 Å². The summed E-state index contributed by atoms with van der Waals surface area (Å²) in [5.74, 6) is -0.0361. The Bertz CT molecular complexity index is 966. The van der Waals surface area contributed by atoms with E-state index in [0.717, 1.165) is 5.56 Å². The van der Waals surface area contributed by atoms with Gasteiger partial charge in [0, 0.05) is 25.2 Å². The number of carbonyl (C=O) groups is 2. The van der Waals surface area contributed by atoms with Gasteiger partial charge in [-0.2, -0.15) is 0 Å². The van der Waals surface area contributed by atoms with Gasteiger partial charge in [0.15, 0.2) is 0 Å². The average Bonchev–Trinajstić information content (AvgIpc) is 2.94. The molecule has 25 heavy (non-hydrogen) atoms. The van der Waals surface area contributed by atoms with Gasteiger partial charge in [-0.25, -0.2) is 0 Å². The number of pyridine rings is 1. The van der Waals surface area contributed by atoms with Gasteiger partial charge in [0.05, 0.1) is 13.2 Å². The largest absolute Gasteiger partial charge is 0.493 e. The minimum Gasteiger partial charge on any atom is -0.493 e. The van der Waals surface area contributed by atoms with Gasteiger partial charge in [-0.1, -0.05) is 36.8 Å². The summed E-state index contributed by atoms with van der Waals surface area (Å²) in [4.78, 5) is 27.2. The molecule has 3 rings (SSSR count). The molecule has 0 aliphatic carbocycles. The number of aryl methyl sites for hydroxylation is 1. The molecule has 130 valence electrons. The first-order valence-electron chi connectivity index (χ1n) is 10.6. The highest BCUT2D eigenvalue weighted by molar-refractivity contribution is 8.15. The van der Waals surface area contributed by atoms with Gasteiger partial charge < -0.3 is 4.74 Å². The summed E-state index contributed by atoms with van der Waals surface area (Å²) in [5.41, 5.74) is 1.35. The number of hydrogen-bond acceptors (Lipinski definition) is 5. The van der Waals surface area contributed by atoms with Gasteiger partial charge in [0.25, 0.3) is 5.24 Å². The predicted octanol–water partition coefficient (Wildman–Crippen LogP) is 3.16. The van der Waals surface area contributed by atoms with Gasteiger partial charge in [-0.15, -0.1) is 0 Å². The molecule has 1 aliphatic rings. The molecule has 5 nitrogen and oxygen atoms in total. The van der Waals surface area contributed by atoms with Crippen LogP contribution in [0.4, 0.5) is 4.79 Å². The number of imide groups is 1. The van der Waals surface area contributed by atoms with Crippen LogP contribution in [0.3, 0.4) is 0 Å². The summed E-state index contributed by atoms with van der Waals surface area (Å²) >= 11 is 0.664. The van der Waals surface area contributed by atoms with Crippen LogP contribution in [0.25, 0.3) is 0 Å². The van der Waals surface area contributed by atoms with Gasteiger partial charge in [-0.3, -0.25) is 19.9 Å². The number of amides is 2. The number of ether oxygens (including phenoxy) is 1. The molecule has 6 heteroatoms. The molecule has 0 saturated carbocycles. The summed E-state index contributed by atoms with van der Waals surface area (Å²) < 4.78 is 51.2. The van der Waals surface area contributed by atoms with E-state index in [-0.39, 0.29) is 12.0 Å². The fraction of sp³-hybridized carbons (Fsp3) is 0.316. The van der Waals surface area contributed by atoms with Gasteiger partial charge in [0.2, 0.25) is 5.91 Å². The van der Waals surface area contributed by atoms with E-state index in [1.165, 1.54) is 12.3 Å². The smallest absolute Gasteiger partial charge is 0.286 e. The van der Waals surface area contributed by atoms with Crippen LogP contribution in [0.2, 0.25) is 0 Å². The van der Waals surface area contributed by atoms with Gasteiger partial charge in [0.1, 0.15) is 5.75 Å². The van der Waals surface area contributed by atoms with Crippen molar-refractivity contribution >= 4 is 22.9 Å². The van der Waals surface area contributed by atoms with Crippen LogP contribution in [-0.2, 0) is 24.0 Å². The number of benzene rings is 1. The lowest BCUT2D eigenvalue weighted by atomic mass is 10.1. The van der Waals surface area contributed by atoms with Crippen LogP contribution in [0, 0.1) is 0 Å². The standard InChI is InChI=1S/C19H20N2O3S/c1-2-13-3-6-15(20-12-13)9-10-24-16-7-4-14(5-8-16)11-17-18(22)21-19(23)25-17/h3-8,12,17H,2,9-11H2,1H3,(H,21,22,23)/i1D3,2D2,17D. The average molecular weight is 362 g/mol. The minimum absolute atomic E-state index is 0.00395. The lowest BCUT2D eigenvalue weighted by Gasteiger charge is -2.09. The summed E-state index contributed by atoms with van der Waals surface area (Å²) in [6.45, 7) is -2.48. The van der Waals surface area contributed by atoms with Crippen molar-refractivity contribution in [3.8, 4) is 5.75 Å². The molecule has 1 aromatic carbocycles. The molecule has 0 spiro atoms. The van der Waals surface area contributed by atoms with Gasteiger partial charge in [-0.05, 0) is 42.1 Å². The van der Waals surface area contributed by atoms with E-state index < -0.39 is 29.6 Å². The minimum atomic E-state index is -2.78. The first-order valence-corrected chi connectivity index (χ1v) is 8.44. The molecular weight excluding hydrogens is 336 g/mol. The zero-order chi connectivity index (χ0) is 22.9. The number of aromatic nitrogens is 1. The third-order valence-corrected chi connectivity index (χ3v) is 4.43.